The molecule has 4 heteroatoms. The molecule has 2 fully saturated rings. The van der Waals surface area contributed by atoms with Crippen LogP contribution in [0, 0.1) is 5.92 Å². The fourth-order valence-electron chi connectivity index (χ4n) is 2.03. The van der Waals surface area contributed by atoms with Crippen LogP contribution in [0.25, 0.3) is 0 Å². The van der Waals surface area contributed by atoms with E-state index >= 15 is 0 Å². The van der Waals surface area contributed by atoms with Gasteiger partial charge in [-0.25, -0.2) is 0 Å². The summed E-state index contributed by atoms with van der Waals surface area (Å²) in [6.45, 7) is 4.08. The number of likely N-dealkylation sites (N-methyl/N-ethyl adjacent to an activating group) is 2. The number of rotatable bonds is 3. The summed E-state index contributed by atoms with van der Waals surface area (Å²) < 4.78 is 0. The van der Waals surface area contributed by atoms with Gasteiger partial charge < -0.3 is 10.2 Å². The van der Waals surface area contributed by atoms with E-state index in [4.69, 9.17) is 0 Å². The van der Waals surface area contributed by atoms with Crippen molar-refractivity contribution in [2.24, 2.45) is 5.92 Å². The Bertz CT molecular complexity index is 240. The highest BCUT2D eigenvalue weighted by Gasteiger charge is 2.30. The van der Waals surface area contributed by atoms with Crippen molar-refractivity contribution in [3.05, 3.63) is 0 Å². The largest absolute Gasteiger partial charge is 0.354 e. The second-order valence-corrected chi connectivity index (χ2v) is 4.92. The van der Waals surface area contributed by atoms with Crippen LogP contribution in [0.2, 0.25) is 0 Å². The van der Waals surface area contributed by atoms with Crippen LogP contribution in [0.4, 0.5) is 0 Å². The van der Waals surface area contributed by atoms with Gasteiger partial charge in [0, 0.05) is 38.1 Å². The Hall–Kier alpha value is -0.610. The van der Waals surface area contributed by atoms with Crippen LogP contribution >= 0.6 is 0 Å². The van der Waals surface area contributed by atoms with E-state index in [2.05, 4.69) is 29.2 Å². The van der Waals surface area contributed by atoms with Crippen LogP contribution in [0.15, 0.2) is 0 Å². The molecule has 2 aliphatic rings. The summed E-state index contributed by atoms with van der Waals surface area (Å²) >= 11 is 0. The average Bonchev–Trinajstić information content (AvgIpc) is 3.02. The maximum absolute atomic E-state index is 11.5. The Labute approximate surface area is 91.6 Å². The second-order valence-electron chi connectivity index (χ2n) is 4.92. The molecule has 4 nitrogen and oxygen atoms in total. The predicted molar refractivity (Wildman–Crippen MR) is 59.6 cm³/mol. The van der Waals surface area contributed by atoms with Crippen molar-refractivity contribution in [3.63, 3.8) is 0 Å². The van der Waals surface area contributed by atoms with Gasteiger partial charge in [0.1, 0.15) is 0 Å². The third-order valence-electron chi connectivity index (χ3n) is 3.44. The molecule has 1 aliphatic carbocycles. The van der Waals surface area contributed by atoms with E-state index < -0.39 is 0 Å². The van der Waals surface area contributed by atoms with Gasteiger partial charge in [-0.3, -0.25) is 9.69 Å². The number of piperazine rings is 1. The molecule has 1 saturated carbocycles. The summed E-state index contributed by atoms with van der Waals surface area (Å²) in [7, 11) is 4.28. The molecule has 0 radical (unpaired) electrons. The van der Waals surface area contributed by atoms with Crippen molar-refractivity contribution in [2.45, 2.75) is 18.9 Å². The maximum atomic E-state index is 11.5. The average molecular weight is 211 g/mol. The molecule has 1 atom stereocenters. The molecule has 2 rings (SSSR count). The molecule has 0 spiro atoms. The minimum absolute atomic E-state index is 0.261. The quantitative estimate of drug-likeness (QED) is 0.700. The molecule has 1 heterocycles. The number of carbonyl (C=O) groups excluding carboxylic acids is 1. The molecule has 15 heavy (non-hydrogen) atoms. The predicted octanol–water partition coefficient (Wildman–Crippen LogP) is -0.242. The lowest BCUT2D eigenvalue weighted by Crippen LogP contribution is -2.54. The Morgan fingerprint density at radius 2 is 2.07 bits per heavy atom. The third-order valence-corrected chi connectivity index (χ3v) is 3.44. The highest BCUT2D eigenvalue weighted by molar-refractivity contribution is 5.80. The molecule has 1 amide bonds. The molecule has 0 aromatic rings. The fourth-order valence-corrected chi connectivity index (χ4v) is 2.03. The molecule has 0 aromatic heterocycles. The lowest BCUT2D eigenvalue weighted by molar-refractivity contribution is -0.122. The number of carbonyl (C=O) groups is 1. The van der Waals surface area contributed by atoms with Gasteiger partial charge in [0.2, 0.25) is 5.91 Å². The zero-order chi connectivity index (χ0) is 10.8. The maximum Gasteiger partial charge on any atom is 0.223 e. The first-order chi connectivity index (χ1) is 7.16. The summed E-state index contributed by atoms with van der Waals surface area (Å²) in [5.41, 5.74) is 0. The monoisotopic (exact) mass is 211 g/mol. The zero-order valence-electron chi connectivity index (χ0n) is 9.70. The Morgan fingerprint density at radius 3 is 2.73 bits per heavy atom. The van der Waals surface area contributed by atoms with Gasteiger partial charge in [-0.05, 0) is 26.9 Å². The van der Waals surface area contributed by atoms with Crippen LogP contribution in [0.1, 0.15) is 12.8 Å². The third kappa shape index (κ3) is 2.92. The first-order valence-electron chi connectivity index (χ1n) is 5.83. The number of nitrogens with zero attached hydrogens (tertiary/aromatic N) is 2. The van der Waals surface area contributed by atoms with E-state index in [1.165, 1.54) is 0 Å². The van der Waals surface area contributed by atoms with Crippen molar-refractivity contribution in [1.29, 1.82) is 0 Å². The van der Waals surface area contributed by atoms with E-state index in [1.54, 1.807) is 0 Å². The lowest BCUT2D eigenvalue weighted by Gasteiger charge is -2.37. The highest BCUT2D eigenvalue weighted by atomic mass is 16.2. The van der Waals surface area contributed by atoms with E-state index in [9.17, 15) is 4.79 Å². The summed E-state index contributed by atoms with van der Waals surface area (Å²) in [5, 5.41) is 3.06. The minimum Gasteiger partial charge on any atom is -0.354 e. The normalized spacial score (nSPS) is 29.1. The topological polar surface area (TPSA) is 35.6 Å². The highest BCUT2D eigenvalue weighted by Crippen LogP contribution is 2.28. The van der Waals surface area contributed by atoms with Gasteiger partial charge in [-0.1, -0.05) is 0 Å². The first-order valence-corrected chi connectivity index (χ1v) is 5.83. The van der Waals surface area contributed by atoms with Crippen molar-refractivity contribution in [2.75, 3.05) is 40.3 Å². The molecule has 1 unspecified atom stereocenters. The number of hydrogen-bond donors (Lipinski definition) is 1. The van der Waals surface area contributed by atoms with E-state index in [0.29, 0.717) is 12.0 Å². The zero-order valence-corrected chi connectivity index (χ0v) is 9.70. The Balaban J connectivity index is 1.74. The second kappa shape index (κ2) is 4.49. The fraction of sp³-hybridized carbons (Fsp3) is 0.909. The number of amides is 1. The lowest BCUT2D eigenvalue weighted by atomic mass is 10.2. The molecular formula is C11H21N3O. The summed E-state index contributed by atoms with van der Waals surface area (Å²) in [5.74, 6) is 0.591. The number of nitrogens with one attached hydrogen (secondary N) is 1. The van der Waals surface area contributed by atoms with Crippen LogP contribution in [-0.4, -0.2) is 62.0 Å². The molecule has 86 valence electrons. The standard InChI is InChI=1S/C11H21N3O/c1-13-5-6-14(2)10(8-13)7-12-11(15)9-3-4-9/h9-10H,3-8H2,1-2H3,(H,12,15). The van der Waals surface area contributed by atoms with Crippen molar-refractivity contribution < 1.29 is 4.79 Å². The van der Waals surface area contributed by atoms with Gasteiger partial charge in [0.05, 0.1) is 0 Å². The van der Waals surface area contributed by atoms with E-state index in [0.717, 1.165) is 39.0 Å². The molecule has 0 aromatic carbocycles. The smallest absolute Gasteiger partial charge is 0.223 e. The Morgan fingerprint density at radius 1 is 1.33 bits per heavy atom. The van der Waals surface area contributed by atoms with Gasteiger partial charge in [-0.2, -0.15) is 0 Å². The van der Waals surface area contributed by atoms with Gasteiger partial charge in [-0.15, -0.1) is 0 Å². The summed E-state index contributed by atoms with van der Waals surface area (Å²) in [6.07, 6.45) is 2.18. The summed E-state index contributed by atoms with van der Waals surface area (Å²) in [6, 6.07) is 0.478. The van der Waals surface area contributed by atoms with Crippen LogP contribution in [0.3, 0.4) is 0 Å². The SMILES string of the molecule is CN1CCN(C)C(CNC(=O)C2CC2)C1. The molecular weight excluding hydrogens is 190 g/mol. The molecule has 0 bridgehead atoms. The first kappa shape index (κ1) is 10.9. The van der Waals surface area contributed by atoms with E-state index in [1.807, 2.05) is 0 Å². The molecule has 1 aliphatic heterocycles. The van der Waals surface area contributed by atoms with Crippen molar-refractivity contribution in [3.8, 4) is 0 Å². The summed E-state index contributed by atoms with van der Waals surface area (Å²) in [4.78, 5) is 16.2. The van der Waals surface area contributed by atoms with Crippen molar-refractivity contribution in [1.82, 2.24) is 15.1 Å². The van der Waals surface area contributed by atoms with Crippen molar-refractivity contribution >= 4 is 5.91 Å². The molecule has 1 saturated heterocycles. The molecule has 1 N–H and O–H groups in total. The van der Waals surface area contributed by atoms with E-state index in [-0.39, 0.29) is 5.91 Å². The van der Waals surface area contributed by atoms with Gasteiger partial charge in [0.25, 0.3) is 0 Å². The minimum atomic E-state index is 0.261. The van der Waals surface area contributed by atoms with Gasteiger partial charge in [0.15, 0.2) is 0 Å². The Kier molecular flexibility index (Phi) is 3.26. The van der Waals surface area contributed by atoms with Crippen LogP contribution in [0.5, 0.6) is 0 Å². The number of hydrogen-bond acceptors (Lipinski definition) is 3. The van der Waals surface area contributed by atoms with Gasteiger partial charge >= 0.3 is 0 Å². The van der Waals surface area contributed by atoms with Crippen LogP contribution < -0.4 is 5.32 Å². The van der Waals surface area contributed by atoms with Crippen LogP contribution in [-0.2, 0) is 4.79 Å².